The Kier molecular flexibility index (Phi) is 1.85. The summed E-state index contributed by atoms with van der Waals surface area (Å²) >= 11 is 4.16. The Bertz CT molecular complexity index is 403. The van der Waals surface area contributed by atoms with E-state index < -0.39 is 0 Å². The molecule has 0 aliphatic heterocycles. The molecule has 0 aliphatic carbocycles. The Morgan fingerprint density at radius 2 is 2.25 bits per heavy atom. The number of furan rings is 1. The average molecular weight is 178 g/mol. The van der Waals surface area contributed by atoms with Crippen LogP contribution >= 0.6 is 12.6 Å². The van der Waals surface area contributed by atoms with Crippen LogP contribution in [0.4, 0.5) is 0 Å². The summed E-state index contributed by atoms with van der Waals surface area (Å²) in [4.78, 5) is 0. The second kappa shape index (κ2) is 2.87. The van der Waals surface area contributed by atoms with Crippen molar-refractivity contribution in [2.75, 3.05) is 0 Å². The Morgan fingerprint density at radius 1 is 1.42 bits per heavy atom. The van der Waals surface area contributed by atoms with E-state index in [2.05, 4.69) is 31.7 Å². The smallest absolute Gasteiger partial charge is 0.134 e. The molecule has 0 radical (unpaired) electrons. The Labute approximate surface area is 76.8 Å². The monoisotopic (exact) mass is 178 g/mol. The minimum atomic E-state index is 0.661. The highest BCUT2D eigenvalue weighted by molar-refractivity contribution is 7.79. The Hall–Kier alpha value is -0.890. The van der Waals surface area contributed by atoms with Gasteiger partial charge in [0.2, 0.25) is 0 Å². The van der Waals surface area contributed by atoms with Gasteiger partial charge in [-0.25, -0.2) is 0 Å². The highest BCUT2D eigenvalue weighted by Gasteiger charge is 2.02. The summed E-state index contributed by atoms with van der Waals surface area (Å²) in [5.74, 6) is 1.59. The lowest BCUT2D eigenvalue weighted by Gasteiger charge is -1.90. The summed E-state index contributed by atoms with van der Waals surface area (Å²) in [6.45, 7) is 2.08. The predicted molar refractivity (Wildman–Crippen MR) is 53.6 cm³/mol. The minimum absolute atomic E-state index is 0.661. The van der Waals surface area contributed by atoms with Gasteiger partial charge in [-0.05, 0) is 24.6 Å². The first-order valence-corrected chi connectivity index (χ1v) is 4.53. The van der Waals surface area contributed by atoms with Crippen LogP contribution in [0, 0.1) is 6.92 Å². The van der Waals surface area contributed by atoms with E-state index in [1.807, 2.05) is 12.1 Å². The molecular formula is C10H10OS. The fourth-order valence-electron chi connectivity index (χ4n) is 1.34. The van der Waals surface area contributed by atoms with Gasteiger partial charge < -0.3 is 4.42 Å². The third-order valence-electron chi connectivity index (χ3n) is 1.99. The molecule has 0 N–H and O–H groups in total. The summed E-state index contributed by atoms with van der Waals surface area (Å²) in [6, 6.07) is 8.12. The van der Waals surface area contributed by atoms with Crippen molar-refractivity contribution in [3.63, 3.8) is 0 Å². The second-order valence-corrected chi connectivity index (χ2v) is 3.17. The standard InChI is InChI=1S/C10H10OS/c1-7-3-2-4-10-9(7)5-8(6-12)11-10/h2-5,12H,6H2,1H3. The molecule has 1 heterocycles. The maximum absolute atomic E-state index is 5.52. The molecule has 2 heteroatoms. The molecule has 12 heavy (non-hydrogen) atoms. The molecular weight excluding hydrogens is 168 g/mol. The molecule has 0 fully saturated rings. The third-order valence-corrected chi connectivity index (χ3v) is 2.30. The quantitative estimate of drug-likeness (QED) is 0.662. The van der Waals surface area contributed by atoms with Crippen LogP contribution in [-0.2, 0) is 5.75 Å². The third kappa shape index (κ3) is 1.12. The minimum Gasteiger partial charge on any atom is -0.460 e. The van der Waals surface area contributed by atoms with Crippen LogP contribution in [0.15, 0.2) is 28.7 Å². The Balaban J connectivity index is 2.74. The van der Waals surface area contributed by atoms with Crippen LogP contribution in [0.25, 0.3) is 11.0 Å². The van der Waals surface area contributed by atoms with Crippen molar-refractivity contribution in [1.82, 2.24) is 0 Å². The zero-order chi connectivity index (χ0) is 8.55. The zero-order valence-electron chi connectivity index (χ0n) is 6.87. The number of fused-ring (bicyclic) bond motifs is 1. The number of thiol groups is 1. The van der Waals surface area contributed by atoms with E-state index in [0.717, 1.165) is 11.3 Å². The molecule has 1 nitrogen and oxygen atoms in total. The van der Waals surface area contributed by atoms with Crippen molar-refractivity contribution in [1.29, 1.82) is 0 Å². The first-order valence-electron chi connectivity index (χ1n) is 3.90. The molecule has 0 spiro atoms. The molecule has 2 aromatic rings. The van der Waals surface area contributed by atoms with Gasteiger partial charge in [-0.2, -0.15) is 12.6 Å². The number of rotatable bonds is 1. The maximum Gasteiger partial charge on any atom is 0.134 e. The summed E-state index contributed by atoms with van der Waals surface area (Å²) in [7, 11) is 0. The topological polar surface area (TPSA) is 13.1 Å². The molecule has 0 saturated heterocycles. The van der Waals surface area contributed by atoms with E-state index in [1.54, 1.807) is 0 Å². The highest BCUT2D eigenvalue weighted by atomic mass is 32.1. The van der Waals surface area contributed by atoms with E-state index in [-0.39, 0.29) is 0 Å². The predicted octanol–water partition coefficient (Wildman–Crippen LogP) is 3.17. The fourth-order valence-corrected chi connectivity index (χ4v) is 1.49. The van der Waals surface area contributed by atoms with Gasteiger partial charge in [-0.1, -0.05) is 12.1 Å². The van der Waals surface area contributed by atoms with Gasteiger partial charge in [0.1, 0.15) is 11.3 Å². The fraction of sp³-hybridized carbons (Fsp3) is 0.200. The summed E-state index contributed by atoms with van der Waals surface area (Å²) in [5.41, 5.74) is 2.21. The number of hydrogen-bond donors (Lipinski definition) is 1. The van der Waals surface area contributed by atoms with Crippen LogP contribution < -0.4 is 0 Å². The number of benzene rings is 1. The van der Waals surface area contributed by atoms with Crippen LogP contribution in [0.2, 0.25) is 0 Å². The molecule has 0 bridgehead atoms. The maximum atomic E-state index is 5.52. The van der Waals surface area contributed by atoms with Crippen LogP contribution in [0.3, 0.4) is 0 Å². The van der Waals surface area contributed by atoms with Gasteiger partial charge in [0.15, 0.2) is 0 Å². The normalized spacial score (nSPS) is 10.8. The van der Waals surface area contributed by atoms with Gasteiger partial charge in [0.05, 0.1) is 0 Å². The molecule has 2 rings (SSSR count). The molecule has 0 amide bonds. The molecule has 0 atom stereocenters. The van der Waals surface area contributed by atoms with E-state index in [9.17, 15) is 0 Å². The zero-order valence-corrected chi connectivity index (χ0v) is 7.77. The van der Waals surface area contributed by atoms with Crippen molar-refractivity contribution < 1.29 is 4.42 Å². The molecule has 62 valence electrons. The van der Waals surface area contributed by atoms with Crippen molar-refractivity contribution in [3.8, 4) is 0 Å². The summed E-state index contributed by atoms with van der Waals surface area (Å²) in [5, 5.41) is 1.20. The van der Waals surface area contributed by atoms with E-state index >= 15 is 0 Å². The van der Waals surface area contributed by atoms with Crippen LogP contribution in [-0.4, -0.2) is 0 Å². The first kappa shape index (κ1) is 7.74. The number of aryl methyl sites for hydroxylation is 1. The molecule has 0 saturated carbocycles. The van der Waals surface area contributed by atoms with Gasteiger partial charge in [0, 0.05) is 11.1 Å². The van der Waals surface area contributed by atoms with Crippen molar-refractivity contribution in [2.24, 2.45) is 0 Å². The Morgan fingerprint density at radius 3 is 2.92 bits per heavy atom. The van der Waals surface area contributed by atoms with Crippen molar-refractivity contribution in [2.45, 2.75) is 12.7 Å². The van der Waals surface area contributed by atoms with Gasteiger partial charge >= 0.3 is 0 Å². The van der Waals surface area contributed by atoms with Crippen LogP contribution in [0.5, 0.6) is 0 Å². The summed E-state index contributed by atoms with van der Waals surface area (Å²) < 4.78 is 5.52. The lowest BCUT2D eigenvalue weighted by molar-refractivity contribution is 0.574. The average Bonchev–Trinajstić information content (AvgIpc) is 2.49. The van der Waals surface area contributed by atoms with E-state index in [0.29, 0.717) is 5.75 Å². The van der Waals surface area contributed by atoms with E-state index in [4.69, 9.17) is 4.42 Å². The SMILES string of the molecule is Cc1cccc2oc(CS)cc12. The lowest BCUT2D eigenvalue weighted by Crippen LogP contribution is -1.69. The van der Waals surface area contributed by atoms with Gasteiger partial charge in [0.25, 0.3) is 0 Å². The first-order chi connectivity index (χ1) is 5.81. The highest BCUT2D eigenvalue weighted by Crippen LogP contribution is 2.23. The van der Waals surface area contributed by atoms with Gasteiger partial charge in [-0.15, -0.1) is 0 Å². The largest absolute Gasteiger partial charge is 0.460 e. The van der Waals surface area contributed by atoms with E-state index in [1.165, 1.54) is 10.9 Å². The van der Waals surface area contributed by atoms with Gasteiger partial charge in [-0.3, -0.25) is 0 Å². The van der Waals surface area contributed by atoms with Crippen molar-refractivity contribution >= 4 is 23.6 Å². The van der Waals surface area contributed by atoms with Crippen LogP contribution in [0.1, 0.15) is 11.3 Å². The summed E-state index contributed by atoms with van der Waals surface area (Å²) in [6.07, 6.45) is 0. The molecule has 0 unspecified atom stereocenters. The van der Waals surface area contributed by atoms with Crippen molar-refractivity contribution in [3.05, 3.63) is 35.6 Å². The number of hydrogen-bond acceptors (Lipinski definition) is 2. The molecule has 1 aromatic carbocycles. The second-order valence-electron chi connectivity index (χ2n) is 2.86. The molecule has 0 aliphatic rings. The lowest BCUT2D eigenvalue weighted by atomic mass is 10.1. The molecule has 1 aromatic heterocycles.